The number of hydrogen-bond acceptors (Lipinski definition) is 3. The molecule has 17 heavy (non-hydrogen) atoms. The first kappa shape index (κ1) is 12.1. The van der Waals surface area contributed by atoms with Gasteiger partial charge in [-0.05, 0) is 32.6 Å². The van der Waals surface area contributed by atoms with E-state index in [0.29, 0.717) is 11.7 Å². The minimum absolute atomic E-state index is 0.0169. The van der Waals surface area contributed by atoms with E-state index in [-0.39, 0.29) is 5.91 Å². The highest BCUT2D eigenvalue weighted by Gasteiger charge is 2.26. The van der Waals surface area contributed by atoms with Gasteiger partial charge in [0, 0.05) is 25.1 Å². The number of aryl methyl sites for hydroxylation is 1. The highest BCUT2D eigenvalue weighted by Crippen LogP contribution is 2.19. The number of nitrogens with zero attached hydrogens (tertiary/aromatic N) is 2. The lowest BCUT2D eigenvalue weighted by Gasteiger charge is -2.32. The van der Waals surface area contributed by atoms with Crippen molar-refractivity contribution in [3.63, 3.8) is 0 Å². The number of likely N-dealkylation sites (tertiary alicyclic amines) is 1. The topological polar surface area (TPSA) is 46.3 Å². The molecular weight excluding hydrogens is 216 g/mol. The van der Waals surface area contributed by atoms with Gasteiger partial charge in [-0.2, -0.15) is 0 Å². The molecule has 0 spiro atoms. The number of hydrogen-bond donors (Lipinski definition) is 0. The van der Waals surface area contributed by atoms with Crippen molar-refractivity contribution in [3.05, 3.63) is 17.5 Å². The third kappa shape index (κ3) is 2.68. The van der Waals surface area contributed by atoms with Gasteiger partial charge < -0.3 is 9.42 Å². The van der Waals surface area contributed by atoms with Gasteiger partial charge in [0.1, 0.15) is 5.76 Å². The first-order valence-corrected chi connectivity index (χ1v) is 6.49. The number of piperidine rings is 1. The lowest BCUT2D eigenvalue weighted by molar-refractivity contribution is 0.0625. The van der Waals surface area contributed by atoms with Crippen LogP contribution in [0.2, 0.25) is 0 Å². The van der Waals surface area contributed by atoms with Crippen LogP contribution in [-0.4, -0.2) is 28.6 Å². The molecule has 1 amide bonds. The van der Waals surface area contributed by atoms with Crippen molar-refractivity contribution in [2.45, 2.75) is 52.0 Å². The van der Waals surface area contributed by atoms with E-state index < -0.39 is 0 Å². The number of aromatic nitrogens is 1. The molecule has 0 N–H and O–H groups in total. The Morgan fingerprint density at radius 2 is 2.41 bits per heavy atom. The van der Waals surface area contributed by atoms with Crippen molar-refractivity contribution in [2.75, 3.05) is 6.54 Å². The van der Waals surface area contributed by atoms with E-state index in [0.717, 1.165) is 38.0 Å². The lowest BCUT2D eigenvalue weighted by atomic mass is 10.0. The summed E-state index contributed by atoms with van der Waals surface area (Å²) in [6.07, 6.45) is 5.24. The van der Waals surface area contributed by atoms with Crippen molar-refractivity contribution in [1.29, 1.82) is 0 Å². The normalized spacial score (nSPS) is 20.6. The standard InChI is InChI=1S/C13H20N2O2/c1-3-6-11-9-12(14-17-11)13(16)15-8-5-4-7-10(15)2/h9-10H,3-8H2,1-2H3/t10-/m1/s1. The Kier molecular flexibility index (Phi) is 3.82. The van der Waals surface area contributed by atoms with Crippen LogP contribution in [0.1, 0.15) is 55.8 Å². The van der Waals surface area contributed by atoms with E-state index >= 15 is 0 Å². The van der Waals surface area contributed by atoms with E-state index in [1.807, 2.05) is 4.90 Å². The summed E-state index contributed by atoms with van der Waals surface area (Å²) in [4.78, 5) is 14.1. The number of carbonyl (C=O) groups excluding carboxylic acids is 1. The zero-order valence-electron chi connectivity index (χ0n) is 10.6. The molecule has 0 aliphatic carbocycles. The molecule has 94 valence electrons. The van der Waals surface area contributed by atoms with Crippen LogP contribution in [0.3, 0.4) is 0 Å². The van der Waals surface area contributed by atoms with Crippen molar-refractivity contribution in [1.82, 2.24) is 10.1 Å². The molecule has 1 aliphatic rings. The molecule has 0 aromatic carbocycles. The highest BCUT2D eigenvalue weighted by atomic mass is 16.5. The predicted molar refractivity (Wildman–Crippen MR) is 64.8 cm³/mol. The van der Waals surface area contributed by atoms with E-state index in [9.17, 15) is 4.79 Å². The van der Waals surface area contributed by atoms with Crippen LogP contribution >= 0.6 is 0 Å². The Morgan fingerprint density at radius 3 is 3.12 bits per heavy atom. The minimum Gasteiger partial charge on any atom is -0.361 e. The molecule has 2 heterocycles. The maximum absolute atomic E-state index is 12.2. The second-order valence-corrected chi connectivity index (χ2v) is 4.77. The summed E-state index contributed by atoms with van der Waals surface area (Å²) in [6, 6.07) is 2.11. The number of rotatable bonds is 3. The van der Waals surface area contributed by atoms with Crippen LogP contribution < -0.4 is 0 Å². The van der Waals surface area contributed by atoms with Crippen molar-refractivity contribution >= 4 is 5.91 Å². The Bertz CT molecular complexity index is 387. The third-order valence-electron chi connectivity index (χ3n) is 3.34. The van der Waals surface area contributed by atoms with E-state index in [4.69, 9.17) is 4.52 Å². The Morgan fingerprint density at radius 1 is 1.59 bits per heavy atom. The Balaban J connectivity index is 2.07. The fourth-order valence-corrected chi connectivity index (χ4v) is 2.32. The fourth-order valence-electron chi connectivity index (χ4n) is 2.32. The average molecular weight is 236 g/mol. The van der Waals surface area contributed by atoms with Gasteiger partial charge in [-0.15, -0.1) is 0 Å². The predicted octanol–water partition coefficient (Wildman–Crippen LogP) is 2.64. The number of carbonyl (C=O) groups is 1. The van der Waals surface area contributed by atoms with Gasteiger partial charge in [-0.1, -0.05) is 12.1 Å². The fraction of sp³-hybridized carbons (Fsp3) is 0.692. The molecule has 1 aromatic rings. The summed E-state index contributed by atoms with van der Waals surface area (Å²) >= 11 is 0. The summed E-state index contributed by atoms with van der Waals surface area (Å²) in [7, 11) is 0. The molecule has 1 saturated heterocycles. The van der Waals surface area contributed by atoms with Gasteiger partial charge in [0.05, 0.1) is 0 Å². The van der Waals surface area contributed by atoms with Crippen molar-refractivity contribution in [3.8, 4) is 0 Å². The van der Waals surface area contributed by atoms with Crippen LogP contribution in [0.15, 0.2) is 10.6 Å². The average Bonchev–Trinajstić information content (AvgIpc) is 2.78. The van der Waals surface area contributed by atoms with E-state index in [2.05, 4.69) is 19.0 Å². The summed E-state index contributed by atoms with van der Waals surface area (Å²) < 4.78 is 5.15. The Labute approximate surface area is 102 Å². The zero-order chi connectivity index (χ0) is 12.3. The molecule has 0 radical (unpaired) electrons. The van der Waals surface area contributed by atoms with Gasteiger partial charge >= 0.3 is 0 Å². The molecule has 1 fully saturated rings. The molecule has 4 nitrogen and oxygen atoms in total. The Hall–Kier alpha value is -1.32. The third-order valence-corrected chi connectivity index (χ3v) is 3.34. The quantitative estimate of drug-likeness (QED) is 0.810. The molecule has 0 saturated carbocycles. The smallest absolute Gasteiger partial charge is 0.276 e. The van der Waals surface area contributed by atoms with Gasteiger partial charge in [-0.25, -0.2) is 0 Å². The summed E-state index contributed by atoms with van der Waals surface area (Å²) in [5, 5.41) is 3.88. The SMILES string of the molecule is CCCc1cc(C(=O)N2CCCC[C@H]2C)no1. The molecule has 0 unspecified atom stereocenters. The van der Waals surface area contributed by atoms with E-state index in [1.54, 1.807) is 6.07 Å². The van der Waals surface area contributed by atoms with Crippen LogP contribution in [0.5, 0.6) is 0 Å². The highest BCUT2D eigenvalue weighted by molar-refractivity contribution is 5.92. The lowest BCUT2D eigenvalue weighted by Crippen LogP contribution is -2.42. The summed E-state index contributed by atoms with van der Waals surface area (Å²) in [6.45, 7) is 5.02. The molecule has 4 heteroatoms. The monoisotopic (exact) mass is 236 g/mol. The van der Waals surface area contributed by atoms with Crippen molar-refractivity contribution in [2.24, 2.45) is 0 Å². The van der Waals surface area contributed by atoms with Crippen LogP contribution in [0, 0.1) is 0 Å². The molecular formula is C13H20N2O2. The minimum atomic E-state index is 0.0169. The second-order valence-electron chi connectivity index (χ2n) is 4.77. The molecule has 0 bridgehead atoms. The van der Waals surface area contributed by atoms with Gasteiger partial charge in [0.15, 0.2) is 5.69 Å². The van der Waals surface area contributed by atoms with Gasteiger partial charge in [0.25, 0.3) is 5.91 Å². The van der Waals surface area contributed by atoms with Crippen LogP contribution in [0.4, 0.5) is 0 Å². The van der Waals surface area contributed by atoms with Gasteiger partial charge in [-0.3, -0.25) is 4.79 Å². The van der Waals surface area contributed by atoms with Crippen molar-refractivity contribution < 1.29 is 9.32 Å². The summed E-state index contributed by atoms with van der Waals surface area (Å²) in [5.41, 5.74) is 0.460. The maximum Gasteiger partial charge on any atom is 0.276 e. The van der Waals surface area contributed by atoms with E-state index in [1.165, 1.54) is 6.42 Å². The maximum atomic E-state index is 12.2. The van der Waals surface area contributed by atoms with Crippen LogP contribution in [-0.2, 0) is 6.42 Å². The van der Waals surface area contributed by atoms with Gasteiger partial charge in [0.2, 0.25) is 0 Å². The summed E-state index contributed by atoms with van der Waals surface area (Å²) in [5.74, 6) is 0.823. The first-order chi connectivity index (χ1) is 8.22. The molecule has 2 rings (SSSR count). The van der Waals surface area contributed by atoms with Crippen LogP contribution in [0.25, 0.3) is 0 Å². The molecule has 1 aliphatic heterocycles. The second kappa shape index (κ2) is 5.34. The molecule has 1 atom stereocenters. The first-order valence-electron chi connectivity index (χ1n) is 6.49. The zero-order valence-corrected chi connectivity index (χ0v) is 10.6. The number of amides is 1. The molecule has 1 aromatic heterocycles. The largest absolute Gasteiger partial charge is 0.361 e.